The summed E-state index contributed by atoms with van der Waals surface area (Å²) in [6.07, 6.45) is 6.56. The third kappa shape index (κ3) is 3.12. The molecule has 21 heavy (non-hydrogen) atoms. The van der Waals surface area contributed by atoms with Crippen molar-refractivity contribution in [2.24, 2.45) is 5.73 Å². The Kier molecular flexibility index (Phi) is 4.85. The molecule has 0 aliphatic carbocycles. The zero-order chi connectivity index (χ0) is 14.9. The van der Waals surface area contributed by atoms with Gasteiger partial charge in [0.2, 0.25) is 0 Å². The zero-order valence-electron chi connectivity index (χ0n) is 12.8. The Bertz CT molecular complexity index is 456. The number of nitrogens with two attached hydrogens (primary N) is 1. The smallest absolute Gasteiger partial charge is 0.282 e. The molecule has 2 N–H and O–H groups in total. The molecule has 3 heterocycles. The first-order valence-electron chi connectivity index (χ1n) is 8.34. The Hall–Kier alpha value is -0.210. The molecule has 6 nitrogen and oxygen atoms in total. The molecule has 3 fully saturated rings. The molecule has 0 radical (unpaired) electrons. The van der Waals surface area contributed by atoms with Gasteiger partial charge < -0.3 is 5.73 Å². The second-order valence-electron chi connectivity index (χ2n) is 6.55. The lowest BCUT2D eigenvalue weighted by molar-refractivity contribution is 0.0801. The lowest BCUT2D eigenvalue weighted by Gasteiger charge is -2.45. The molecule has 7 heteroatoms. The summed E-state index contributed by atoms with van der Waals surface area (Å²) in [5.41, 5.74) is 5.79. The fourth-order valence-corrected chi connectivity index (χ4v) is 5.90. The minimum absolute atomic E-state index is 0.00636. The van der Waals surface area contributed by atoms with Crippen LogP contribution in [-0.2, 0) is 10.2 Å². The normalized spacial score (nSPS) is 33.8. The molecule has 0 aromatic carbocycles. The van der Waals surface area contributed by atoms with Crippen LogP contribution in [0.3, 0.4) is 0 Å². The number of hydrogen-bond acceptors (Lipinski definition) is 4. The second-order valence-corrected chi connectivity index (χ2v) is 8.43. The Morgan fingerprint density at radius 2 is 1.71 bits per heavy atom. The van der Waals surface area contributed by atoms with Gasteiger partial charge in [-0.05, 0) is 32.2 Å². The average Bonchev–Trinajstić information content (AvgIpc) is 2.54. The molecule has 3 aliphatic rings. The van der Waals surface area contributed by atoms with Gasteiger partial charge in [0.25, 0.3) is 10.2 Å². The van der Waals surface area contributed by atoms with E-state index >= 15 is 0 Å². The highest BCUT2D eigenvalue weighted by molar-refractivity contribution is 7.86. The number of fused-ring (bicyclic) bond motifs is 1. The van der Waals surface area contributed by atoms with Crippen LogP contribution >= 0.6 is 0 Å². The molecule has 2 unspecified atom stereocenters. The van der Waals surface area contributed by atoms with Crippen LogP contribution in [0.25, 0.3) is 0 Å². The lowest BCUT2D eigenvalue weighted by Crippen LogP contribution is -2.60. The van der Waals surface area contributed by atoms with Crippen molar-refractivity contribution in [1.82, 2.24) is 13.5 Å². The van der Waals surface area contributed by atoms with Gasteiger partial charge in [-0.15, -0.1) is 0 Å². The summed E-state index contributed by atoms with van der Waals surface area (Å²) in [6, 6.07) is 0.413. The van der Waals surface area contributed by atoms with Crippen molar-refractivity contribution in [3.8, 4) is 0 Å². The minimum atomic E-state index is -3.34. The van der Waals surface area contributed by atoms with E-state index in [1.54, 1.807) is 8.61 Å². The van der Waals surface area contributed by atoms with Crippen molar-refractivity contribution in [3.63, 3.8) is 0 Å². The summed E-state index contributed by atoms with van der Waals surface area (Å²) in [5.74, 6) is 0. The summed E-state index contributed by atoms with van der Waals surface area (Å²) in [7, 11) is -3.34. The van der Waals surface area contributed by atoms with E-state index in [1.807, 2.05) is 0 Å². The van der Waals surface area contributed by atoms with E-state index in [9.17, 15) is 8.42 Å². The lowest BCUT2D eigenvalue weighted by atomic mass is 10.0. The standard InChI is InChI=1S/C14H28N4O2S/c15-11-13-5-2-4-8-18(13)21(19,20)17-10-9-16-7-3-1-6-14(16)12-17/h13-14H,1-12,15H2. The predicted octanol–water partition coefficient (Wildman–Crippen LogP) is 0.215. The first-order valence-corrected chi connectivity index (χ1v) is 9.73. The highest BCUT2D eigenvalue weighted by Gasteiger charge is 2.40. The van der Waals surface area contributed by atoms with Crippen LogP contribution in [0.15, 0.2) is 0 Å². The molecule has 3 aliphatic heterocycles. The van der Waals surface area contributed by atoms with E-state index in [0.717, 1.165) is 38.8 Å². The fourth-order valence-electron chi connectivity index (χ4n) is 4.00. The molecule has 0 spiro atoms. The molecule has 3 rings (SSSR count). The van der Waals surface area contributed by atoms with Crippen molar-refractivity contribution >= 4 is 10.2 Å². The van der Waals surface area contributed by atoms with Crippen LogP contribution < -0.4 is 5.73 Å². The van der Waals surface area contributed by atoms with Crippen molar-refractivity contribution in [1.29, 1.82) is 0 Å². The van der Waals surface area contributed by atoms with Gasteiger partial charge in [-0.25, -0.2) is 0 Å². The minimum Gasteiger partial charge on any atom is -0.329 e. The Morgan fingerprint density at radius 3 is 2.52 bits per heavy atom. The maximum Gasteiger partial charge on any atom is 0.282 e. The number of piperazine rings is 1. The Morgan fingerprint density at radius 1 is 0.952 bits per heavy atom. The maximum absolute atomic E-state index is 13.0. The van der Waals surface area contributed by atoms with Gasteiger partial charge in [-0.1, -0.05) is 12.8 Å². The Labute approximate surface area is 128 Å². The molecule has 3 saturated heterocycles. The van der Waals surface area contributed by atoms with Gasteiger partial charge in [0, 0.05) is 44.8 Å². The van der Waals surface area contributed by atoms with Crippen molar-refractivity contribution in [2.45, 2.75) is 50.6 Å². The number of piperidine rings is 2. The van der Waals surface area contributed by atoms with Gasteiger partial charge in [-0.3, -0.25) is 4.90 Å². The zero-order valence-corrected chi connectivity index (χ0v) is 13.6. The van der Waals surface area contributed by atoms with Gasteiger partial charge >= 0.3 is 0 Å². The van der Waals surface area contributed by atoms with Crippen LogP contribution in [0, 0.1) is 0 Å². The van der Waals surface area contributed by atoms with Crippen LogP contribution in [0.2, 0.25) is 0 Å². The molecule has 0 bridgehead atoms. The maximum atomic E-state index is 13.0. The van der Waals surface area contributed by atoms with Crippen molar-refractivity contribution in [2.75, 3.05) is 39.3 Å². The first-order chi connectivity index (χ1) is 10.1. The fraction of sp³-hybridized carbons (Fsp3) is 1.00. The predicted molar refractivity (Wildman–Crippen MR) is 83.1 cm³/mol. The number of nitrogens with zero attached hydrogens (tertiary/aromatic N) is 3. The molecular formula is C14H28N4O2S. The third-order valence-corrected chi connectivity index (χ3v) is 7.33. The molecule has 0 amide bonds. The summed E-state index contributed by atoms with van der Waals surface area (Å²) in [5, 5.41) is 0. The highest BCUT2D eigenvalue weighted by Crippen LogP contribution is 2.27. The van der Waals surface area contributed by atoms with Crippen LogP contribution in [-0.4, -0.2) is 73.3 Å². The van der Waals surface area contributed by atoms with Gasteiger partial charge in [0.1, 0.15) is 0 Å². The SMILES string of the molecule is NCC1CCCCN1S(=O)(=O)N1CCN2CCCCC2C1. The molecule has 2 atom stereocenters. The quantitative estimate of drug-likeness (QED) is 0.808. The largest absolute Gasteiger partial charge is 0.329 e. The van der Waals surface area contributed by atoms with Crippen LogP contribution in [0.1, 0.15) is 38.5 Å². The monoisotopic (exact) mass is 316 g/mol. The second kappa shape index (κ2) is 6.50. The third-order valence-electron chi connectivity index (χ3n) is 5.27. The van der Waals surface area contributed by atoms with Crippen molar-refractivity contribution < 1.29 is 8.42 Å². The molecular weight excluding hydrogens is 288 g/mol. The van der Waals surface area contributed by atoms with Gasteiger partial charge in [-0.2, -0.15) is 17.0 Å². The molecule has 0 saturated carbocycles. The van der Waals surface area contributed by atoms with Crippen LogP contribution in [0.5, 0.6) is 0 Å². The van der Waals surface area contributed by atoms with E-state index in [4.69, 9.17) is 5.73 Å². The van der Waals surface area contributed by atoms with Gasteiger partial charge in [0.05, 0.1) is 0 Å². The molecule has 122 valence electrons. The number of rotatable bonds is 3. The summed E-state index contributed by atoms with van der Waals surface area (Å²) >= 11 is 0. The topological polar surface area (TPSA) is 69.9 Å². The van der Waals surface area contributed by atoms with E-state index in [0.29, 0.717) is 32.2 Å². The summed E-state index contributed by atoms with van der Waals surface area (Å²) in [4.78, 5) is 2.46. The molecule has 0 aromatic rings. The van der Waals surface area contributed by atoms with E-state index in [1.165, 1.54) is 12.8 Å². The summed E-state index contributed by atoms with van der Waals surface area (Å²) in [6.45, 7) is 4.37. The summed E-state index contributed by atoms with van der Waals surface area (Å²) < 4.78 is 29.3. The van der Waals surface area contributed by atoms with E-state index < -0.39 is 10.2 Å². The van der Waals surface area contributed by atoms with Crippen LogP contribution in [0.4, 0.5) is 0 Å². The Balaban J connectivity index is 1.72. The highest BCUT2D eigenvalue weighted by atomic mass is 32.2. The van der Waals surface area contributed by atoms with E-state index in [2.05, 4.69) is 4.90 Å². The average molecular weight is 316 g/mol. The molecule has 0 aromatic heterocycles. The van der Waals surface area contributed by atoms with Crippen molar-refractivity contribution in [3.05, 3.63) is 0 Å². The first kappa shape index (κ1) is 15.7. The van der Waals surface area contributed by atoms with E-state index in [-0.39, 0.29) is 6.04 Å². The van der Waals surface area contributed by atoms with Gasteiger partial charge in [0.15, 0.2) is 0 Å². The number of hydrogen-bond donors (Lipinski definition) is 1.